The Kier molecular flexibility index (Phi) is 1.66. The normalized spacial score (nSPS) is 41.7. The van der Waals surface area contributed by atoms with Crippen LogP contribution in [-0.4, -0.2) is 24.4 Å². The van der Waals surface area contributed by atoms with Crippen molar-refractivity contribution in [3.05, 3.63) is 0 Å². The van der Waals surface area contributed by atoms with Crippen LogP contribution >= 0.6 is 0 Å². The highest BCUT2D eigenvalue weighted by molar-refractivity contribution is 4.85. The summed E-state index contributed by atoms with van der Waals surface area (Å²) in [6.45, 7) is 1.37. The van der Waals surface area contributed by atoms with E-state index < -0.39 is 0 Å². The zero-order valence-corrected chi connectivity index (χ0v) is 6.12. The minimum absolute atomic E-state index is 0.162. The van der Waals surface area contributed by atoms with E-state index in [0.29, 0.717) is 12.5 Å². The molecule has 1 saturated carbocycles. The average Bonchev–Trinajstić information content (AvgIpc) is 2.12. The number of aliphatic hydroxyl groups is 1. The van der Waals surface area contributed by atoms with Gasteiger partial charge in [-0.05, 0) is 18.8 Å². The molecule has 2 fully saturated rings. The molecule has 1 N–H and O–H groups in total. The molecule has 1 heterocycles. The second kappa shape index (κ2) is 2.51. The minimum atomic E-state index is -0.162. The molecule has 0 spiro atoms. The van der Waals surface area contributed by atoms with Gasteiger partial charge in [-0.2, -0.15) is 0 Å². The van der Waals surface area contributed by atoms with Crippen LogP contribution in [0.4, 0.5) is 0 Å². The van der Waals surface area contributed by atoms with Crippen molar-refractivity contribution >= 4 is 0 Å². The van der Waals surface area contributed by atoms with Gasteiger partial charge < -0.3 is 9.84 Å². The van der Waals surface area contributed by atoms with Crippen LogP contribution in [0.15, 0.2) is 0 Å². The summed E-state index contributed by atoms with van der Waals surface area (Å²) in [5, 5.41) is 9.40. The topological polar surface area (TPSA) is 29.5 Å². The fourth-order valence-corrected chi connectivity index (χ4v) is 1.88. The van der Waals surface area contributed by atoms with Crippen molar-refractivity contribution in [2.24, 2.45) is 11.8 Å². The quantitative estimate of drug-likeness (QED) is 0.586. The number of hydrogen-bond acceptors (Lipinski definition) is 2. The van der Waals surface area contributed by atoms with Crippen molar-refractivity contribution in [3.8, 4) is 0 Å². The predicted octanol–water partition coefficient (Wildman–Crippen LogP) is 0.794. The van der Waals surface area contributed by atoms with Gasteiger partial charge in [0.05, 0.1) is 19.3 Å². The number of rotatable bonds is 1. The maximum absolute atomic E-state index is 9.40. The van der Waals surface area contributed by atoms with Gasteiger partial charge in [-0.3, -0.25) is 0 Å². The highest BCUT2D eigenvalue weighted by atomic mass is 16.5. The molecule has 2 rings (SSSR count). The van der Waals surface area contributed by atoms with Gasteiger partial charge in [0.1, 0.15) is 0 Å². The Morgan fingerprint density at radius 2 is 2.00 bits per heavy atom. The van der Waals surface area contributed by atoms with Crippen LogP contribution in [0.1, 0.15) is 19.3 Å². The third-order valence-corrected chi connectivity index (χ3v) is 2.85. The van der Waals surface area contributed by atoms with E-state index in [1.807, 2.05) is 0 Å². The van der Waals surface area contributed by atoms with E-state index in [1.54, 1.807) is 0 Å². The summed E-state index contributed by atoms with van der Waals surface area (Å²) in [7, 11) is 0. The second-order valence-corrected chi connectivity index (χ2v) is 3.46. The lowest BCUT2D eigenvalue weighted by atomic mass is 9.75. The summed E-state index contributed by atoms with van der Waals surface area (Å²) >= 11 is 0. The van der Waals surface area contributed by atoms with Gasteiger partial charge in [0.25, 0.3) is 0 Å². The molecular weight excluding hydrogens is 128 g/mol. The van der Waals surface area contributed by atoms with Crippen molar-refractivity contribution in [1.82, 2.24) is 0 Å². The van der Waals surface area contributed by atoms with E-state index in [2.05, 4.69) is 0 Å². The second-order valence-electron chi connectivity index (χ2n) is 3.46. The molecule has 0 aromatic heterocycles. The fraction of sp³-hybridized carbons (Fsp3) is 1.00. The lowest BCUT2D eigenvalue weighted by Gasteiger charge is -2.31. The lowest BCUT2D eigenvalue weighted by molar-refractivity contribution is 0.0798. The molecule has 58 valence electrons. The number of ether oxygens (including phenoxy) is 1. The summed E-state index contributed by atoms with van der Waals surface area (Å²) in [6, 6.07) is 0. The van der Waals surface area contributed by atoms with Crippen LogP contribution in [0.5, 0.6) is 0 Å². The molecule has 2 aliphatic rings. The Balaban J connectivity index is 1.90. The summed E-state index contributed by atoms with van der Waals surface area (Å²) in [5.41, 5.74) is 0. The molecular formula is C8H14O2. The van der Waals surface area contributed by atoms with Gasteiger partial charge in [0.15, 0.2) is 0 Å². The van der Waals surface area contributed by atoms with E-state index in [-0.39, 0.29) is 6.10 Å². The highest BCUT2D eigenvalue weighted by Crippen LogP contribution is 2.37. The van der Waals surface area contributed by atoms with Gasteiger partial charge in [-0.25, -0.2) is 0 Å². The van der Waals surface area contributed by atoms with Crippen molar-refractivity contribution in [3.63, 3.8) is 0 Å². The first-order valence-electron chi connectivity index (χ1n) is 4.14. The molecule has 0 bridgehead atoms. The number of hydrogen-bond donors (Lipinski definition) is 1. The molecule has 2 unspecified atom stereocenters. The van der Waals surface area contributed by atoms with Crippen LogP contribution in [0.2, 0.25) is 0 Å². The summed E-state index contributed by atoms with van der Waals surface area (Å²) in [5.74, 6) is 1.24. The monoisotopic (exact) mass is 142 g/mol. The van der Waals surface area contributed by atoms with Gasteiger partial charge in [0.2, 0.25) is 0 Å². The van der Waals surface area contributed by atoms with Crippen LogP contribution in [-0.2, 0) is 4.74 Å². The van der Waals surface area contributed by atoms with Crippen LogP contribution in [0, 0.1) is 11.8 Å². The van der Waals surface area contributed by atoms with Gasteiger partial charge in [-0.1, -0.05) is 6.42 Å². The molecule has 1 saturated heterocycles. The maximum atomic E-state index is 9.40. The van der Waals surface area contributed by atoms with Crippen molar-refractivity contribution in [2.45, 2.75) is 25.4 Å². The van der Waals surface area contributed by atoms with Gasteiger partial charge in [-0.15, -0.1) is 0 Å². The first-order chi connectivity index (χ1) is 4.88. The zero-order valence-electron chi connectivity index (χ0n) is 6.12. The third kappa shape index (κ3) is 0.956. The standard InChI is InChI=1S/C8H14O2/c9-8-5-10-4-7(8)6-2-1-3-6/h6-9H,1-5H2. The molecule has 0 aromatic rings. The van der Waals surface area contributed by atoms with E-state index in [4.69, 9.17) is 4.74 Å². The SMILES string of the molecule is OC1COCC1C1CCC1. The number of aliphatic hydroxyl groups excluding tert-OH is 1. The first-order valence-corrected chi connectivity index (χ1v) is 4.14. The van der Waals surface area contributed by atoms with Crippen molar-refractivity contribution in [2.75, 3.05) is 13.2 Å². The maximum Gasteiger partial charge on any atom is 0.0826 e. The molecule has 0 amide bonds. The molecule has 10 heavy (non-hydrogen) atoms. The molecule has 0 aromatic carbocycles. The molecule has 2 atom stereocenters. The largest absolute Gasteiger partial charge is 0.390 e. The smallest absolute Gasteiger partial charge is 0.0826 e. The summed E-state index contributed by atoms with van der Waals surface area (Å²) in [4.78, 5) is 0. The van der Waals surface area contributed by atoms with Crippen LogP contribution in [0.3, 0.4) is 0 Å². The highest BCUT2D eigenvalue weighted by Gasteiger charge is 2.36. The molecule has 1 aliphatic carbocycles. The first kappa shape index (κ1) is 6.62. The zero-order chi connectivity index (χ0) is 6.97. The summed E-state index contributed by atoms with van der Waals surface area (Å²) in [6.07, 6.45) is 3.81. The molecule has 0 radical (unpaired) electrons. The third-order valence-electron chi connectivity index (χ3n) is 2.85. The van der Waals surface area contributed by atoms with Crippen molar-refractivity contribution in [1.29, 1.82) is 0 Å². The fourth-order valence-electron chi connectivity index (χ4n) is 1.88. The van der Waals surface area contributed by atoms with Crippen LogP contribution < -0.4 is 0 Å². The van der Waals surface area contributed by atoms with Gasteiger partial charge >= 0.3 is 0 Å². The Morgan fingerprint density at radius 3 is 2.40 bits per heavy atom. The molecule has 2 heteroatoms. The van der Waals surface area contributed by atoms with E-state index >= 15 is 0 Å². The Morgan fingerprint density at radius 1 is 1.20 bits per heavy atom. The van der Waals surface area contributed by atoms with E-state index in [9.17, 15) is 5.11 Å². The van der Waals surface area contributed by atoms with E-state index in [0.717, 1.165) is 12.5 Å². The summed E-state index contributed by atoms with van der Waals surface area (Å²) < 4.78 is 5.18. The Hall–Kier alpha value is -0.0800. The van der Waals surface area contributed by atoms with E-state index in [1.165, 1.54) is 19.3 Å². The van der Waals surface area contributed by atoms with Crippen LogP contribution in [0.25, 0.3) is 0 Å². The Bertz CT molecular complexity index is 120. The molecule has 2 nitrogen and oxygen atoms in total. The molecule has 1 aliphatic heterocycles. The predicted molar refractivity (Wildman–Crippen MR) is 37.7 cm³/mol. The van der Waals surface area contributed by atoms with Crippen molar-refractivity contribution < 1.29 is 9.84 Å². The Labute approximate surface area is 61.2 Å². The lowest BCUT2D eigenvalue weighted by Crippen LogP contribution is -2.30. The van der Waals surface area contributed by atoms with Gasteiger partial charge in [0, 0.05) is 5.92 Å². The minimum Gasteiger partial charge on any atom is -0.390 e. The average molecular weight is 142 g/mol.